The van der Waals surface area contributed by atoms with E-state index in [-0.39, 0.29) is 5.16 Å². The summed E-state index contributed by atoms with van der Waals surface area (Å²) >= 11 is 0. The van der Waals surface area contributed by atoms with E-state index < -0.39 is 9.84 Å². The van der Waals surface area contributed by atoms with Crippen LogP contribution in [0.4, 0.5) is 0 Å². The molecule has 158 valence electrons. The van der Waals surface area contributed by atoms with Crippen LogP contribution in [0.15, 0.2) is 72.1 Å². The van der Waals surface area contributed by atoms with Crippen molar-refractivity contribution in [2.75, 3.05) is 12.8 Å². The summed E-state index contributed by atoms with van der Waals surface area (Å²) in [6.45, 7) is 3.23. The molecule has 0 radical (unpaired) electrons. The van der Waals surface area contributed by atoms with Crippen LogP contribution in [0.3, 0.4) is 0 Å². The summed E-state index contributed by atoms with van der Waals surface area (Å²) in [4.78, 5) is 10.7. The quantitative estimate of drug-likeness (QED) is 0.452. The molecule has 0 amide bonds. The molecule has 0 atom stereocenters. The molecule has 0 aliphatic carbocycles. The first-order chi connectivity index (χ1) is 15.0. The molecule has 0 unspecified atom stereocenters. The van der Waals surface area contributed by atoms with Crippen LogP contribution in [0.5, 0.6) is 0 Å². The van der Waals surface area contributed by atoms with Crippen molar-refractivity contribution in [3.05, 3.63) is 89.4 Å². The average Bonchev–Trinajstić information content (AvgIpc) is 3.10. The molecular weight excluding hydrogens is 408 g/mol. The molecule has 2 aromatic carbocycles. The second-order valence-corrected chi connectivity index (χ2v) is 10.1. The third-order valence-electron chi connectivity index (χ3n) is 5.78. The number of nitrogens with zero attached hydrogens (tertiary/aromatic N) is 4. The fraction of sp³-hybridized carbons (Fsp3) is 0.250. The van der Waals surface area contributed by atoms with Gasteiger partial charge < -0.3 is 4.57 Å². The number of rotatable bonds is 5. The van der Waals surface area contributed by atoms with Gasteiger partial charge in [0.2, 0.25) is 15.0 Å². The van der Waals surface area contributed by atoms with E-state index in [1.165, 1.54) is 22.0 Å². The van der Waals surface area contributed by atoms with Gasteiger partial charge in [0.25, 0.3) is 0 Å². The molecule has 5 rings (SSSR count). The predicted octanol–water partition coefficient (Wildman–Crippen LogP) is 3.44. The van der Waals surface area contributed by atoms with Crippen LogP contribution in [0.25, 0.3) is 10.9 Å². The SMILES string of the molecule is CS(=O)(=O)c1ncc2c(n1)CCN(Cc1cn(Cc3ccccc3)c3ccccc13)C2. The van der Waals surface area contributed by atoms with E-state index in [9.17, 15) is 8.42 Å². The van der Waals surface area contributed by atoms with Crippen LogP contribution in [-0.2, 0) is 35.9 Å². The number of hydrogen-bond donors (Lipinski definition) is 0. The summed E-state index contributed by atoms with van der Waals surface area (Å²) in [6, 6.07) is 19.0. The Morgan fingerprint density at radius 2 is 1.77 bits per heavy atom. The summed E-state index contributed by atoms with van der Waals surface area (Å²) in [6.07, 6.45) is 5.80. The van der Waals surface area contributed by atoms with Crippen LogP contribution in [-0.4, -0.2) is 40.7 Å². The first-order valence-corrected chi connectivity index (χ1v) is 12.2. The highest BCUT2D eigenvalue weighted by atomic mass is 32.2. The molecule has 0 bridgehead atoms. The predicted molar refractivity (Wildman–Crippen MR) is 120 cm³/mol. The monoisotopic (exact) mass is 432 g/mol. The second-order valence-electron chi connectivity index (χ2n) is 8.14. The van der Waals surface area contributed by atoms with Gasteiger partial charge in [-0.05, 0) is 17.2 Å². The third kappa shape index (κ3) is 4.11. The number of hydrogen-bond acceptors (Lipinski definition) is 5. The Bertz CT molecular complexity index is 1350. The summed E-state index contributed by atoms with van der Waals surface area (Å²) in [5.41, 5.74) is 5.66. The molecule has 0 saturated heterocycles. The van der Waals surface area contributed by atoms with Crippen molar-refractivity contribution in [3.8, 4) is 0 Å². The second kappa shape index (κ2) is 7.90. The summed E-state index contributed by atoms with van der Waals surface area (Å²) < 4.78 is 25.8. The number of aromatic nitrogens is 3. The smallest absolute Gasteiger partial charge is 0.246 e. The summed E-state index contributed by atoms with van der Waals surface area (Å²) in [5.74, 6) is 0. The number of benzene rings is 2. The van der Waals surface area contributed by atoms with Gasteiger partial charge >= 0.3 is 0 Å². The van der Waals surface area contributed by atoms with E-state index in [1.807, 2.05) is 6.07 Å². The lowest BCUT2D eigenvalue weighted by molar-refractivity contribution is 0.242. The van der Waals surface area contributed by atoms with E-state index >= 15 is 0 Å². The Labute approximate surface area is 182 Å². The average molecular weight is 433 g/mol. The standard InChI is InChI=1S/C24H24N4O2S/c1-31(29,30)24-25-13-19-15-27(12-11-22(19)26-24)16-20-17-28(14-18-7-3-2-4-8-18)23-10-6-5-9-21(20)23/h2-10,13,17H,11-12,14-16H2,1H3. The fourth-order valence-electron chi connectivity index (χ4n) is 4.27. The maximum Gasteiger partial charge on any atom is 0.246 e. The van der Waals surface area contributed by atoms with Crippen molar-refractivity contribution in [3.63, 3.8) is 0 Å². The molecule has 0 fully saturated rings. The van der Waals surface area contributed by atoms with E-state index in [1.54, 1.807) is 6.20 Å². The Morgan fingerprint density at radius 1 is 1.00 bits per heavy atom. The molecule has 31 heavy (non-hydrogen) atoms. The molecule has 4 aromatic rings. The van der Waals surface area contributed by atoms with Crippen molar-refractivity contribution < 1.29 is 8.42 Å². The molecule has 1 aliphatic heterocycles. The largest absolute Gasteiger partial charge is 0.343 e. The Hall–Kier alpha value is -3.03. The van der Waals surface area contributed by atoms with Gasteiger partial charge in [0.1, 0.15) is 0 Å². The van der Waals surface area contributed by atoms with Gasteiger partial charge in [-0.3, -0.25) is 4.90 Å². The third-order valence-corrected chi connectivity index (χ3v) is 6.64. The number of para-hydroxylation sites is 1. The topological polar surface area (TPSA) is 68.1 Å². The van der Waals surface area contributed by atoms with Crippen molar-refractivity contribution in [1.29, 1.82) is 0 Å². The minimum absolute atomic E-state index is 0.0799. The zero-order valence-electron chi connectivity index (χ0n) is 17.4. The fourth-order valence-corrected chi connectivity index (χ4v) is 4.79. The van der Waals surface area contributed by atoms with Crippen LogP contribution < -0.4 is 0 Å². The molecule has 0 spiro atoms. The van der Waals surface area contributed by atoms with Crippen molar-refractivity contribution in [1.82, 2.24) is 19.4 Å². The molecular formula is C24H24N4O2S. The van der Waals surface area contributed by atoms with E-state index in [0.29, 0.717) is 0 Å². The van der Waals surface area contributed by atoms with E-state index in [4.69, 9.17) is 0 Å². The Kier molecular flexibility index (Phi) is 5.08. The molecule has 1 aliphatic rings. The normalized spacial score (nSPS) is 14.6. The van der Waals surface area contributed by atoms with Gasteiger partial charge in [-0.25, -0.2) is 18.4 Å². The molecule has 0 saturated carbocycles. The summed E-state index contributed by atoms with van der Waals surface area (Å²) in [7, 11) is -3.38. The van der Waals surface area contributed by atoms with Gasteiger partial charge in [-0.15, -0.1) is 0 Å². The lowest BCUT2D eigenvalue weighted by Gasteiger charge is -2.27. The van der Waals surface area contributed by atoms with Gasteiger partial charge in [0, 0.05) is 67.7 Å². The number of fused-ring (bicyclic) bond motifs is 2. The first kappa shape index (κ1) is 19.9. The lowest BCUT2D eigenvalue weighted by Crippen LogP contribution is -2.31. The van der Waals surface area contributed by atoms with E-state index in [2.05, 4.69) is 74.2 Å². The molecule has 6 nitrogen and oxygen atoms in total. The van der Waals surface area contributed by atoms with Gasteiger partial charge in [0.15, 0.2) is 0 Å². The Balaban J connectivity index is 1.40. The molecule has 7 heteroatoms. The van der Waals surface area contributed by atoms with Crippen LogP contribution in [0.2, 0.25) is 0 Å². The minimum atomic E-state index is -3.38. The van der Waals surface area contributed by atoms with Crippen molar-refractivity contribution in [2.45, 2.75) is 31.2 Å². The van der Waals surface area contributed by atoms with Crippen LogP contribution >= 0.6 is 0 Å². The lowest BCUT2D eigenvalue weighted by atomic mass is 10.1. The highest BCUT2D eigenvalue weighted by molar-refractivity contribution is 7.90. The van der Waals surface area contributed by atoms with Crippen molar-refractivity contribution in [2.24, 2.45) is 0 Å². The van der Waals surface area contributed by atoms with Gasteiger partial charge in [-0.2, -0.15) is 0 Å². The molecule has 2 aromatic heterocycles. The van der Waals surface area contributed by atoms with Crippen LogP contribution in [0, 0.1) is 0 Å². The highest BCUT2D eigenvalue weighted by Gasteiger charge is 2.22. The zero-order valence-corrected chi connectivity index (χ0v) is 18.2. The van der Waals surface area contributed by atoms with Crippen molar-refractivity contribution >= 4 is 20.7 Å². The number of sulfone groups is 1. The summed E-state index contributed by atoms with van der Waals surface area (Å²) in [5, 5.41) is 1.19. The zero-order chi connectivity index (χ0) is 21.4. The molecule has 0 N–H and O–H groups in total. The minimum Gasteiger partial charge on any atom is -0.343 e. The maximum absolute atomic E-state index is 11.7. The Morgan fingerprint density at radius 3 is 2.58 bits per heavy atom. The highest BCUT2D eigenvalue weighted by Crippen LogP contribution is 2.26. The van der Waals surface area contributed by atoms with Crippen LogP contribution in [0.1, 0.15) is 22.4 Å². The van der Waals surface area contributed by atoms with E-state index in [0.717, 1.165) is 50.1 Å². The maximum atomic E-state index is 11.7. The van der Waals surface area contributed by atoms with Gasteiger partial charge in [-0.1, -0.05) is 48.5 Å². The molecule has 3 heterocycles. The van der Waals surface area contributed by atoms with Gasteiger partial charge in [0.05, 0.1) is 5.69 Å². The first-order valence-electron chi connectivity index (χ1n) is 10.4.